The highest BCUT2D eigenvalue weighted by molar-refractivity contribution is 7.89. The van der Waals surface area contributed by atoms with Crippen molar-refractivity contribution in [1.82, 2.24) is 4.31 Å². The van der Waals surface area contributed by atoms with Crippen molar-refractivity contribution >= 4 is 38.9 Å². The molecule has 2 saturated heterocycles. The van der Waals surface area contributed by atoms with Gasteiger partial charge < -0.3 is 10.2 Å². The first-order valence-electron chi connectivity index (χ1n) is 11.4. The van der Waals surface area contributed by atoms with E-state index in [-0.39, 0.29) is 16.7 Å². The fourth-order valence-electron chi connectivity index (χ4n) is 4.52. The van der Waals surface area contributed by atoms with E-state index in [1.165, 1.54) is 42.1 Å². The number of benzene rings is 2. The lowest BCUT2D eigenvalue weighted by molar-refractivity contribution is -0.120. The van der Waals surface area contributed by atoms with Crippen LogP contribution in [0.25, 0.3) is 0 Å². The molecule has 172 valence electrons. The van der Waals surface area contributed by atoms with E-state index >= 15 is 0 Å². The van der Waals surface area contributed by atoms with Gasteiger partial charge in [-0.15, -0.1) is 0 Å². The molecule has 0 bridgehead atoms. The first-order valence-corrected chi connectivity index (χ1v) is 13.2. The van der Waals surface area contributed by atoms with Gasteiger partial charge in [0.1, 0.15) is 0 Å². The summed E-state index contributed by atoms with van der Waals surface area (Å²) in [6.07, 6.45) is 5.85. The third-order valence-corrected chi connectivity index (χ3v) is 8.55. The molecule has 4 rings (SSSR count). The topological polar surface area (TPSA) is 69.7 Å². The van der Waals surface area contributed by atoms with Gasteiger partial charge in [0, 0.05) is 37.1 Å². The molecular weight excluding hydrogens is 446 g/mol. The van der Waals surface area contributed by atoms with Crippen LogP contribution in [0.1, 0.15) is 38.5 Å². The third-order valence-electron chi connectivity index (χ3n) is 6.38. The number of nitrogens with one attached hydrogen (secondary N) is 1. The number of amides is 1. The molecule has 8 heteroatoms. The van der Waals surface area contributed by atoms with Crippen LogP contribution in [0.15, 0.2) is 53.4 Å². The van der Waals surface area contributed by atoms with Crippen LogP contribution in [-0.4, -0.2) is 44.8 Å². The van der Waals surface area contributed by atoms with E-state index in [0.29, 0.717) is 31.0 Å². The summed E-state index contributed by atoms with van der Waals surface area (Å²) in [6, 6.07) is 14.2. The van der Waals surface area contributed by atoms with Gasteiger partial charge in [0.05, 0.1) is 16.3 Å². The monoisotopic (exact) mass is 475 g/mol. The van der Waals surface area contributed by atoms with Gasteiger partial charge in [-0.3, -0.25) is 4.79 Å². The highest BCUT2D eigenvalue weighted by Gasteiger charge is 2.32. The number of hydrogen-bond acceptors (Lipinski definition) is 4. The van der Waals surface area contributed by atoms with Crippen molar-refractivity contribution in [2.45, 2.75) is 43.4 Å². The Kier molecular flexibility index (Phi) is 7.38. The summed E-state index contributed by atoms with van der Waals surface area (Å²) in [7, 11) is -3.58. The van der Waals surface area contributed by atoms with Crippen LogP contribution in [-0.2, 0) is 14.8 Å². The molecule has 0 unspecified atom stereocenters. The number of rotatable bonds is 5. The van der Waals surface area contributed by atoms with E-state index in [1.807, 2.05) is 18.2 Å². The van der Waals surface area contributed by atoms with E-state index in [1.54, 1.807) is 12.1 Å². The summed E-state index contributed by atoms with van der Waals surface area (Å²) < 4.78 is 27.2. The Morgan fingerprint density at radius 2 is 1.50 bits per heavy atom. The number of carbonyl (C=O) groups excluding carboxylic acids is 1. The van der Waals surface area contributed by atoms with E-state index in [9.17, 15) is 13.2 Å². The number of anilines is 2. The quantitative estimate of drug-likeness (QED) is 0.676. The van der Waals surface area contributed by atoms with Crippen LogP contribution in [0.4, 0.5) is 11.4 Å². The van der Waals surface area contributed by atoms with Crippen LogP contribution < -0.4 is 10.2 Å². The van der Waals surface area contributed by atoms with Crippen molar-refractivity contribution in [3.05, 3.63) is 53.6 Å². The molecule has 0 atom stereocenters. The molecule has 2 fully saturated rings. The molecule has 1 N–H and O–H groups in total. The molecule has 6 nitrogen and oxygen atoms in total. The largest absolute Gasteiger partial charge is 0.370 e. The van der Waals surface area contributed by atoms with Gasteiger partial charge in [0.15, 0.2) is 0 Å². The van der Waals surface area contributed by atoms with Gasteiger partial charge >= 0.3 is 0 Å². The standard InChI is InChI=1S/C24H30ClN3O3S/c25-20-9-11-21(12-10-20)32(30,31)28-17-13-19(14-18-28)24(29)26-22-7-3-4-8-23(22)27-15-5-1-2-6-16-27/h3-4,7-12,19H,1-2,5-6,13-18H2,(H,26,29). The van der Waals surface area contributed by atoms with Crippen molar-refractivity contribution < 1.29 is 13.2 Å². The number of carbonyl (C=O) groups is 1. The summed E-state index contributed by atoms with van der Waals surface area (Å²) in [5.41, 5.74) is 1.92. The average Bonchev–Trinajstić information content (AvgIpc) is 3.09. The highest BCUT2D eigenvalue weighted by atomic mass is 35.5. The first-order chi connectivity index (χ1) is 15.4. The molecule has 0 saturated carbocycles. The van der Waals surface area contributed by atoms with Gasteiger partial charge in [-0.05, 0) is 62.1 Å². The van der Waals surface area contributed by atoms with E-state index in [0.717, 1.165) is 24.5 Å². The minimum atomic E-state index is -3.58. The Balaban J connectivity index is 1.39. The molecule has 0 radical (unpaired) electrons. The second-order valence-corrected chi connectivity index (χ2v) is 10.9. The van der Waals surface area contributed by atoms with E-state index in [2.05, 4.69) is 16.3 Å². The molecule has 1 amide bonds. The maximum absolute atomic E-state index is 13.0. The molecule has 0 aliphatic carbocycles. The number of halogens is 1. The van der Waals surface area contributed by atoms with Gasteiger partial charge in [0.2, 0.25) is 15.9 Å². The number of sulfonamides is 1. The maximum atomic E-state index is 13.0. The molecule has 2 heterocycles. The van der Waals surface area contributed by atoms with Gasteiger partial charge in [0.25, 0.3) is 0 Å². The van der Waals surface area contributed by atoms with Crippen LogP contribution in [0.2, 0.25) is 5.02 Å². The smallest absolute Gasteiger partial charge is 0.243 e. The second-order valence-electron chi connectivity index (χ2n) is 8.54. The molecule has 0 spiro atoms. The van der Waals surface area contributed by atoms with Gasteiger partial charge in [-0.25, -0.2) is 8.42 Å². The number of hydrogen-bond donors (Lipinski definition) is 1. The zero-order valence-electron chi connectivity index (χ0n) is 18.2. The van der Waals surface area contributed by atoms with Crippen molar-refractivity contribution in [3.63, 3.8) is 0 Å². The van der Waals surface area contributed by atoms with E-state index in [4.69, 9.17) is 11.6 Å². The molecule has 2 aromatic rings. The summed E-state index contributed by atoms with van der Waals surface area (Å²) in [5.74, 6) is -0.236. The molecule has 2 aromatic carbocycles. The fourth-order valence-corrected chi connectivity index (χ4v) is 6.11. The minimum absolute atomic E-state index is 0.0317. The van der Waals surface area contributed by atoms with Crippen LogP contribution >= 0.6 is 11.6 Å². The Morgan fingerprint density at radius 3 is 2.16 bits per heavy atom. The maximum Gasteiger partial charge on any atom is 0.243 e. The first kappa shape index (κ1) is 23.1. The average molecular weight is 476 g/mol. The number of nitrogens with zero attached hydrogens (tertiary/aromatic N) is 2. The zero-order chi connectivity index (χ0) is 22.6. The number of para-hydroxylation sites is 2. The normalized spacial score (nSPS) is 18.8. The molecule has 32 heavy (non-hydrogen) atoms. The zero-order valence-corrected chi connectivity index (χ0v) is 19.7. The predicted octanol–water partition coefficient (Wildman–Crippen LogP) is 4.76. The highest BCUT2D eigenvalue weighted by Crippen LogP contribution is 2.30. The molecule has 2 aliphatic heterocycles. The predicted molar refractivity (Wildman–Crippen MR) is 129 cm³/mol. The van der Waals surface area contributed by atoms with Crippen LogP contribution in [0.3, 0.4) is 0 Å². The van der Waals surface area contributed by atoms with Gasteiger partial charge in [-0.2, -0.15) is 4.31 Å². The SMILES string of the molecule is O=C(Nc1ccccc1N1CCCCCC1)C1CCN(S(=O)(=O)c2ccc(Cl)cc2)CC1. The van der Waals surface area contributed by atoms with Crippen molar-refractivity contribution in [3.8, 4) is 0 Å². The fraction of sp³-hybridized carbons (Fsp3) is 0.458. The van der Waals surface area contributed by atoms with Crippen LogP contribution in [0, 0.1) is 5.92 Å². The lowest BCUT2D eigenvalue weighted by Crippen LogP contribution is -2.41. The van der Waals surface area contributed by atoms with Gasteiger partial charge in [-0.1, -0.05) is 36.6 Å². The Bertz CT molecular complexity index is 1030. The summed E-state index contributed by atoms with van der Waals surface area (Å²) in [5, 5.41) is 3.63. The Hall–Kier alpha value is -2.09. The summed E-state index contributed by atoms with van der Waals surface area (Å²) >= 11 is 5.88. The molecular formula is C24H30ClN3O3S. The molecule has 0 aromatic heterocycles. The van der Waals surface area contributed by atoms with E-state index < -0.39 is 10.0 Å². The number of piperidine rings is 1. The van der Waals surface area contributed by atoms with Crippen LogP contribution in [0.5, 0.6) is 0 Å². The lowest BCUT2D eigenvalue weighted by Gasteiger charge is -2.31. The minimum Gasteiger partial charge on any atom is -0.370 e. The van der Waals surface area contributed by atoms with Crippen molar-refractivity contribution in [2.24, 2.45) is 5.92 Å². The summed E-state index contributed by atoms with van der Waals surface area (Å²) in [4.78, 5) is 15.6. The molecule has 2 aliphatic rings. The van der Waals surface area contributed by atoms with Crippen molar-refractivity contribution in [1.29, 1.82) is 0 Å². The summed E-state index contributed by atoms with van der Waals surface area (Å²) in [6.45, 7) is 2.68. The second kappa shape index (κ2) is 10.2. The lowest BCUT2D eigenvalue weighted by atomic mass is 9.97. The van der Waals surface area contributed by atoms with Crippen molar-refractivity contribution in [2.75, 3.05) is 36.4 Å². The third kappa shape index (κ3) is 5.27. The Morgan fingerprint density at radius 1 is 0.875 bits per heavy atom. The Labute approximate surface area is 195 Å².